The van der Waals surface area contributed by atoms with Crippen molar-refractivity contribution >= 4 is 47.4 Å². The molecule has 1 saturated heterocycles. The van der Waals surface area contributed by atoms with E-state index in [-0.39, 0.29) is 47.8 Å². The summed E-state index contributed by atoms with van der Waals surface area (Å²) in [6, 6.07) is 0.121. The highest BCUT2D eigenvalue weighted by atomic mass is 16.5. The fraction of sp³-hybridized carbons (Fsp3) is 0.660. The van der Waals surface area contributed by atoms with Crippen molar-refractivity contribution in [2.75, 3.05) is 7.11 Å². The molecular weight excluding hydrogens is 809 g/mol. The molecule has 3 unspecified atom stereocenters. The van der Waals surface area contributed by atoms with Gasteiger partial charge in [-0.3, -0.25) is 28.8 Å². The third kappa shape index (κ3) is 12.7. The van der Waals surface area contributed by atoms with Crippen LogP contribution in [0, 0.1) is 23.2 Å². The van der Waals surface area contributed by atoms with Crippen LogP contribution in [0.2, 0.25) is 0 Å². The highest BCUT2D eigenvalue weighted by Gasteiger charge is 2.51. The number of methoxy groups -OCH3 is 1. The predicted octanol–water partition coefficient (Wildman–Crippen LogP) is 4.30. The molecule has 1 aliphatic heterocycles. The number of hydrogen-bond donors (Lipinski definition) is 6. The molecule has 0 bridgehead atoms. The average molecular weight is 877 g/mol. The number of fused-ring (bicyclic) bond motifs is 1. The second-order valence-electron chi connectivity index (χ2n) is 19.0. The number of nitrogens with zero attached hydrogens (tertiary/aromatic N) is 1. The summed E-state index contributed by atoms with van der Waals surface area (Å²) in [5.41, 5.74) is 4.54. The first-order valence-corrected chi connectivity index (χ1v) is 22.9. The minimum Gasteiger partial charge on any atom is -0.478 e. The van der Waals surface area contributed by atoms with Gasteiger partial charge in [-0.05, 0) is 93.1 Å². The molecule has 6 amide bonds. The number of likely N-dealkylation sites (tertiary alicyclic amines) is 1. The third-order valence-corrected chi connectivity index (χ3v) is 13.6. The maximum Gasteiger partial charge on any atom is 0.336 e. The van der Waals surface area contributed by atoms with E-state index < -0.39 is 83.0 Å². The third-order valence-electron chi connectivity index (χ3n) is 13.6. The number of primary amides is 1. The van der Waals surface area contributed by atoms with Crippen molar-refractivity contribution in [3.8, 4) is 0 Å². The zero-order valence-corrected chi connectivity index (χ0v) is 37.3. The first kappa shape index (κ1) is 48.7. The van der Waals surface area contributed by atoms with E-state index in [2.05, 4.69) is 26.0 Å². The number of esters is 1. The van der Waals surface area contributed by atoms with Crippen LogP contribution in [0.25, 0.3) is 0 Å². The largest absolute Gasteiger partial charge is 0.478 e. The summed E-state index contributed by atoms with van der Waals surface area (Å²) in [6.45, 7) is 5.38. The van der Waals surface area contributed by atoms with Crippen LogP contribution in [0.5, 0.6) is 0 Å². The fourth-order valence-corrected chi connectivity index (χ4v) is 10.2. The molecule has 0 aromatic heterocycles. The standard InChI is InChI=1S/C47H68N6O10/c1-47(2,3)39(52-42(57)33(24-14-16-26-36(54)63-4)49-41(56)31-22-12-13-23-32(31)46(61)62)45(60)53-34-25-15-11-21-30(34)27-35(53)43(58)51-38(29-19-9-6-10-20-29)44(59)50-37(40(48)55)28-17-7-5-8-18-28/h12-13,16,22-23,26,28-30,33-35,37-39H,5-11,14-15,17-21,24-25,27H2,1-4H3,(H2,48,55)(H,49,56)(H,50,59)(H,51,58)(H,52,57)(H,61,62)/b26-16+/t30?,33-,34?,35-,37-,38?,39+/m0/s1. The highest BCUT2D eigenvalue weighted by molar-refractivity contribution is 6.06. The number of carboxylic acid groups (broad SMARTS) is 1. The molecule has 5 rings (SSSR count). The summed E-state index contributed by atoms with van der Waals surface area (Å²) in [4.78, 5) is 110. The van der Waals surface area contributed by atoms with Crippen molar-refractivity contribution in [3.63, 3.8) is 0 Å². The second kappa shape index (κ2) is 22.4. The maximum atomic E-state index is 15.2. The van der Waals surface area contributed by atoms with Gasteiger partial charge in [0.05, 0.1) is 18.2 Å². The molecule has 7 atom stereocenters. The van der Waals surface area contributed by atoms with Crippen LogP contribution in [0.3, 0.4) is 0 Å². The van der Waals surface area contributed by atoms with Crippen LogP contribution in [0.4, 0.5) is 0 Å². The second-order valence-corrected chi connectivity index (χ2v) is 19.0. The van der Waals surface area contributed by atoms with Gasteiger partial charge in [-0.25, -0.2) is 9.59 Å². The summed E-state index contributed by atoms with van der Waals surface area (Å²) >= 11 is 0. The Morgan fingerprint density at radius 3 is 1.95 bits per heavy atom. The fourth-order valence-electron chi connectivity index (χ4n) is 10.2. The summed E-state index contributed by atoms with van der Waals surface area (Å²) in [7, 11) is 1.22. The molecule has 0 spiro atoms. The van der Waals surface area contributed by atoms with Crippen molar-refractivity contribution in [3.05, 3.63) is 47.5 Å². The van der Waals surface area contributed by atoms with Gasteiger partial charge in [-0.15, -0.1) is 0 Å². The quantitative estimate of drug-likeness (QED) is 0.0958. The van der Waals surface area contributed by atoms with Crippen molar-refractivity contribution in [2.45, 2.75) is 166 Å². The van der Waals surface area contributed by atoms with E-state index in [1.165, 1.54) is 43.5 Å². The van der Waals surface area contributed by atoms with Gasteiger partial charge in [0.25, 0.3) is 5.91 Å². The van der Waals surface area contributed by atoms with E-state index >= 15 is 4.79 Å². The summed E-state index contributed by atoms with van der Waals surface area (Å²) < 4.78 is 4.66. The van der Waals surface area contributed by atoms with Crippen LogP contribution in [0.1, 0.15) is 151 Å². The molecular formula is C47H68N6O10. The van der Waals surface area contributed by atoms with Crippen molar-refractivity contribution in [1.82, 2.24) is 26.2 Å². The van der Waals surface area contributed by atoms with Gasteiger partial charge >= 0.3 is 11.9 Å². The zero-order valence-electron chi connectivity index (χ0n) is 37.3. The number of rotatable bonds is 17. The summed E-state index contributed by atoms with van der Waals surface area (Å²) in [6.07, 6.45) is 15.2. The monoisotopic (exact) mass is 876 g/mol. The van der Waals surface area contributed by atoms with Crippen LogP contribution in [-0.2, 0) is 33.5 Å². The molecule has 1 aromatic carbocycles. The van der Waals surface area contributed by atoms with Gasteiger partial charge < -0.3 is 41.7 Å². The Morgan fingerprint density at radius 1 is 0.778 bits per heavy atom. The molecule has 1 heterocycles. The topological polar surface area (TPSA) is 243 Å². The molecule has 16 heteroatoms. The number of allylic oxidation sites excluding steroid dienone is 1. The number of hydrogen-bond acceptors (Lipinski definition) is 9. The molecule has 63 heavy (non-hydrogen) atoms. The maximum absolute atomic E-state index is 15.2. The van der Waals surface area contributed by atoms with E-state index in [0.717, 1.165) is 83.5 Å². The smallest absolute Gasteiger partial charge is 0.336 e. The number of carboxylic acids is 1. The highest BCUT2D eigenvalue weighted by Crippen LogP contribution is 2.41. The summed E-state index contributed by atoms with van der Waals surface area (Å²) in [5.74, 6) is -5.68. The van der Waals surface area contributed by atoms with Crippen molar-refractivity contribution in [2.24, 2.45) is 28.9 Å². The first-order valence-electron chi connectivity index (χ1n) is 22.9. The van der Waals surface area contributed by atoms with E-state index in [0.29, 0.717) is 12.8 Å². The lowest BCUT2D eigenvalue weighted by atomic mass is 9.81. The van der Waals surface area contributed by atoms with E-state index in [9.17, 15) is 38.7 Å². The molecule has 3 aliphatic carbocycles. The van der Waals surface area contributed by atoms with Crippen LogP contribution in [-0.4, -0.2) is 101 Å². The molecule has 7 N–H and O–H groups in total. The summed E-state index contributed by atoms with van der Waals surface area (Å²) in [5, 5.41) is 21.3. The minimum absolute atomic E-state index is 0.0187. The molecule has 0 radical (unpaired) electrons. The van der Waals surface area contributed by atoms with Gasteiger partial charge in [0, 0.05) is 12.1 Å². The Balaban J connectivity index is 1.41. The number of nitrogens with two attached hydrogens (primary N) is 1. The van der Waals surface area contributed by atoms with E-state index in [1.54, 1.807) is 25.7 Å². The molecule has 16 nitrogen and oxygen atoms in total. The lowest BCUT2D eigenvalue weighted by Crippen LogP contribution is -2.63. The van der Waals surface area contributed by atoms with Crippen molar-refractivity contribution < 1.29 is 48.2 Å². The van der Waals surface area contributed by atoms with Gasteiger partial charge in [0.2, 0.25) is 29.5 Å². The Bertz CT molecular complexity index is 1870. The molecule has 346 valence electrons. The number of benzene rings is 1. The Morgan fingerprint density at radius 2 is 1.37 bits per heavy atom. The zero-order chi connectivity index (χ0) is 45.8. The lowest BCUT2D eigenvalue weighted by Gasteiger charge is -2.40. The Labute approximate surface area is 370 Å². The number of nitrogens with one attached hydrogen (secondary N) is 4. The van der Waals surface area contributed by atoms with E-state index in [1.807, 2.05) is 0 Å². The van der Waals surface area contributed by atoms with Gasteiger partial charge in [-0.2, -0.15) is 0 Å². The Hall–Kier alpha value is -5.28. The molecule has 1 aromatic rings. The molecule has 4 aliphatic rings. The normalized spacial score (nSPS) is 22.7. The number of carbonyl (C=O) groups is 8. The van der Waals surface area contributed by atoms with Gasteiger partial charge in [0.15, 0.2) is 0 Å². The van der Waals surface area contributed by atoms with E-state index in [4.69, 9.17) is 5.73 Å². The minimum atomic E-state index is -1.33. The number of ether oxygens (including phenoxy) is 1. The van der Waals surface area contributed by atoms with Crippen molar-refractivity contribution in [1.29, 1.82) is 0 Å². The molecule has 3 saturated carbocycles. The van der Waals surface area contributed by atoms with Gasteiger partial charge in [0.1, 0.15) is 30.2 Å². The predicted molar refractivity (Wildman–Crippen MR) is 234 cm³/mol. The van der Waals surface area contributed by atoms with Crippen LogP contribution >= 0.6 is 0 Å². The lowest BCUT2D eigenvalue weighted by molar-refractivity contribution is -0.147. The first-order chi connectivity index (χ1) is 30.0. The van der Waals surface area contributed by atoms with Crippen LogP contribution in [0.15, 0.2) is 36.4 Å². The number of amides is 6. The van der Waals surface area contributed by atoms with Crippen LogP contribution < -0.4 is 27.0 Å². The SMILES string of the molecule is COC(=O)/C=C/CC[C@H](NC(=O)c1ccccc1C(=O)O)C(=O)N[C@H](C(=O)N1C2CCCCC2C[C@H]1C(=O)NC(C(=O)N[C@H](C(N)=O)C1CCCCC1)C1CCCCC1)C(C)(C)C. The Kier molecular flexibility index (Phi) is 17.3. The van der Waals surface area contributed by atoms with Gasteiger partial charge in [-0.1, -0.05) is 90.3 Å². The number of carbonyl (C=O) groups excluding carboxylic acids is 7. The molecule has 4 fully saturated rings. The number of aromatic carboxylic acids is 1. The average Bonchev–Trinajstić information content (AvgIpc) is 3.67.